The van der Waals surface area contributed by atoms with Gasteiger partial charge < -0.3 is 4.90 Å². The van der Waals surface area contributed by atoms with Crippen LogP contribution in [0.5, 0.6) is 0 Å². The lowest BCUT2D eigenvalue weighted by atomic mass is 10.4. The Morgan fingerprint density at radius 3 is 2.92 bits per heavy atom. The SMILES string of the molecule is N#Cc1ccc(N2CCSC2)nn1. The van der Waals surface area contributed by atoms with Crippen molar-refractivity contribution >= 4 is 17.6 Å². The van der Waals surface area contributed by atoms with E-state index in [1.807, 2.05) is 23.9 Å². The smallest absolute Gasteiger partial charge is 0.163 e. The van der Waals surface area contributed by atoms with E-state index in [0.29, 0.717) is 5.69 Å². The summed E-state index contributed by atoms with van der Waals surface area (Å²) in [5, 5.41) is 16.3. The highest BCUT2D eigenvalue weighted by atomic mass is 32.2. The zero-order chi connectivity index (χ0) is 9.10. The molecule has 1 fully saturated rings. The fourth-order valence-corrected chi connectivity index (χ4v) is 2.11. The molecule has 0 saturated carbocycles. The minimum Gasteiger partial charge on any atom is -0.345 e. The van der Waals surface area contributed by atoms with Crippen molar-refractivity contribution in [3.63, 3.8) is 0 Å². The first-order valence-electron chi connectivity index (χ1n) is 3.96. The van der Waals surface area contributed by atoms with Crippen molar-refractivity contribution in [2.45, 2.75) is 0 Å². The Labute approximate surface area is 80.6 Å². The van der Waals surface area contributed by atoms with Gasteiger partial charge >= 0.3 is 0 Å². The van der Waals surface area contributed by atoms with Crippen LogP contribution >= 0.6 is 11.8 Å². The third-order valence-corrected chi connectivity index (χ3v) is 2.81. The molecule has 0 N–H and O–H groups in total. The van der Waals surface area contributed by atoms with E-state index < -0.39 is 0 Å². The van der Waals surface area contributed by atoms with Crippen molar-refractivity contribution in [3.8, 4) is 6.07 Å². The summed E-state index contributed by atoms with van der Waals surface area (Å²) in [4.78, 5) is 2.15. The van der Waals surface area contributed by atoms with Crippen LogP contribution in [-0.4, -0.2) is 28.4 Å². The van der Waals surface area contributed by atoms with E-state index in [4.69, 9.17) is 5.26 Å². The largest absolute Gasteiger partial charge is 0.345 e. The zero-order valence-corrected chi connectivity index (χ0v) is 7.79. The molecule has 2 heterocycles. The molecule has 0 aliphatic carbocycles. The fourth-order valence-electron chi connectivity index (χ4n) is 1.15. The first kappa shape index (κ1) is 8.32. The van der Waals surface area contributed by atoms with Crippen LogP contribution in [0.25, 0.3) is 0 Å². The topological polar surface area (TPSA) is 52.8 Å². The molecule has 1 aliphatic rings. The van der Waals surface area contributed by atoms with Crippen LogP contribution in [0.1, 0.15) is 5.69 Å². The van der Waals surface area contributed by atoms with E-state index in [9.17, 15) is 0 Å². The van der Waals surface area contributed by atoms with Crippen molar-refractivity contribution in [3.05, 3.63) is 17.8 Å². The van der Waals surface area contributed by atoms with Crippen molar-refractivity contribution < 1.29 is 0 Å². The number of hydrogen-bond donors (Lipinski definition) is 0. The lowest BCUT2D eigenvalue weighted by molar-refractivity contribution is 0.903. The van der Waals surface area contributed by atoms with Crippen LogP contribution in [0.3, 0.4) is 0 Å². The Balaban J connectivity index is 2.18. The number of rotatable bonds is 1. The van der Waals surface area contributed by atoms with Gasteiger partial charge in [0.2, 0.25) is 0 Å². The second-order valence-electron chi connectivity index (χ2n) is 2.69. The summed E-state index contributed by atoms with van der Waals surface area (Å²) in [7, 11) is 0. The Morgan fingerprint density at radius 1 is 1.46 bits per heavy atom. The summed E-state index contributed by atoms with van der Waals surface area (Å²) in [6, 6.07) is 5.49. The highest BCUT2D eigenvalue weighted by Gasteiger charge is 2.13. The fraction of sp³-hybridized carbons (Fsp3) is 0.375. The van der Waals surface area contributed by atoms with E-state index in [2.05, 4.69) is 15.1 Å². The standard InChI is InChI=1S/C8H8N4S/c9-5-7-1-2-8(11-10-7)12-3-4-13-6-12/h1-2H,3-4,6H2. The minimum absolute atomic E-state index is 0.371. The summed E-state index contributed by atoms with van der Waals surface area (Å²) in [5.74, 6) is 2.98. The van der Waals surface area contributed by atoms with E-state index >= 15 is 0 Å². The number of aromatic nitrogens is 2. The maximum Gasteiger partial charge on any atom is 0.163 e. The molecule has 2 rings (SSSR count). The molecule has 0 aromatic carbocycles. The van der Waals surface area contributed by atoms with Gasteiger partial charge in [-0.05, 0) is 12.1 Å². The van der Waals surface area contributed by atoms with Crippen molar-refractivity contribution in [1.82, 2.24) is 10.2 Å². The Hall–Kier alpha value is -1.28. The molecule has 1 saturated heterocycles. The van der Waals surface area contributed by atoms with Gasteiger partial charge in [0.25, 0.3) is 0 Å². The van der Waals surface area contributed by atoms with Crippen LogP contribution in [0.15, 0.2) is 12.1 Å². The molecule has 0 radical (unpaired) electrons. The van der Waals surface area contributed by atoms with Gasteiger partial charge in [0.15, 0.2) is 11.5 Å². The summed E-state index contributed by atoms with van der Waals surface area (Å²) >= 11 is 1.88. The lowest BCUT2D eigenvalue weighted by Gasteiger charge is -2.13. The van der Waals surface area contributed by atoms with Crippen molar-refractivity contribution in [2.75, 3.05) is 23.1 Å². The molecule has 4 nitrogen and oxygen atoms in total. The number of hydrogen-bond acceptors (Lipinski definition) is 5. The minimum atomic E-state index is 0.371. The highest BCUT2D eigenvalue weighted by Crippen LogP contribution is 2.19. The van der Waals surface area contributed by atoms with Crippen LogP contribution in [-0.2, 0) is 0 Å². The monoisotopic (exact) mass is 192 g/mol. The van der Waals surface area contributed by atoms with Gasteiger partial charge in [-0.2, -0.15) is 5.26 Å². The molecular formula is C8H8N4S. The van der Waals surface area contributed by atoms with Gasteiger partial charge in [0.1, 0.15) is 6.07 Å². The molecule has 1 aromatic rings. The average molecular weight is 192 g/mol. The molecule has 66 valence electrons. The Morgan fingerprint density at radius 2 is 2.38 bits per heavy atom. The second kappa shape index (κ2) is 3.62. The van der Waals surface area contributed by atoms with Crippen LogP contribution in [0, 0.1) is 11.3 Å². The molecule has 0 bridgehead atoms. The van der Waals surface area contributed by atoms with E-state index in [0.717, 1.165) is 24.0 Å². The van der Waals surface area contributed by atoms with Gasteiger partial charge in [0.05, 0.1) is 5.88 Å². The average Bonchev–Trinajstić information content (AvgIpc) is 2.71. The van der Waals surface area contributed by atoms with E-state index in [1.165, 1.54) is 0 Å². The Bertz CT molecular complexity index is 323. The van der Waals surface area contributed by atoms with Crippen LogP contribution in [0.2, 0.25) is 0 Å². The number of nitrogens with zero attached hydrogens (tertiary/aromatic N) is 4. The lowest BCUT2D eigenvalue weighted by Crippen LogP contribution is -2.19. The van der Waals surface area contributed by atoms with Crippen molar-refractivity contribution in [2.24, 2.45) is 0 Å². The third kappa shape index (κ3) is 1.73. The van der Waals surface area contributed by atoms with Gasteiger partial charge in [-0.3, -0.25) is 0 Å². The predicted molar refractivity (Wildman–Crippen MR) is 51.4 cm³/mol. The second-order valence-corrected chi connectivity index (χ2v) is 3.76. The number of nitriles is 1. The molecule has 5 heteroatoms. The van der Waals surface area contributed by atoms with E-state index in [-0.39, 0.29) is 0 Å². The van der Waals surface area contributed by atoms with E-state index in [1.54, 1.807) is 6.07 Å². The summed E-state index contributed by atoms with van der Waals surface area (Å²) in [6.45, 7) is 1.02. The zero-order valence-electron chi connectivity index (χ0n) is 6.97. The number of thioether (sulfide) groups is 1. The van der Waals surface area contributed by atoms with Gasteiger partial charge in [0, 0.05) is 12.3 Å². The van der Waals surface area contributed by atoms with Gasteiger partial charge in [-0.15, -0.1) is 22.0 Å². The molecule has 1 aromatic heterocycles. The predicted octanol–water partition coefficient (Wildman–Crippen LogP) is 0.859. The molecular weight excluding hydrogens is 184 g/mol. The number of anilines is 1. The Kier molecular flexibility index (Phi) is 2.32. The van der Waals surface area contributed by atoms with Crippen LogP contribution < -0.4 is 4.90 Å². The molecule has 0 amide bonds. The normalized spacial score (nSPS) is 15.8. The first-order chi connectivity index (χ1) is 6.40. The maximum atomic E-state index is 8.52. The summed E-state index contributed by atoms with van der Waals surface area (Å²) in [6.07, 6.45) is 0. The molecule has 0 unspecified atom stereocenters. The summed E-state index contributed by atoms with van der Waals surface area (Å²) < 4.78 is 0. The third-order valence-electron chi connectivity index (χ3n) is 1.84. The van der Waals surface area contributed by atoms with Gasteiger partial charge in [-0.1, -0.05) is 0 Å². The molecule has 13 heavy (non-hydrogen) atoms. The molecule has 0 atom stereocenters. The molecule has 0 spiro atoms. The molecule has 1 aliphatic heterocycles. The van der Waals surface area contributed by atoms with Crippen LogP contribution in [0.4, 0.5) is 5.82 Å². The maximum absolute atomic E-state index is 8.52. The first-order valence-corrected chi connectivity index (χ1v) is 5.12. The quantitative estimate of drug-likeness (QED) is 0.660. The highest BCUT2D eigenvalue weighted by molar-refractivity contribution is 7.99. The van der Waals surface area contributed by atoms with Gasteiger partial charge in [-0.25, -0.2) is 0 Å². The summed E-state index contributed by atoms with van der Waals surface area (Å²) in [5.41, 5.74) is 0.371. The van der Waals surface area contributed by atoms with Crippen molar-refractivity contribution in [1.29, 1.82) is 5.26 Å².